The quantitative estimate of drug-likeness (QED) is 0.912. The summed E-state index contributed by atoms with van der Waals surface area (Å²) in [5.41, 5.74) is 1.85. The maximum absolute atomic E-state index is 12.3. The molecule has 5 nitrogen and oxygen atoms in total. The Morgan fingerprint density at radius 3 is 2.44 bits per heavy atom. The third-order valence-corrected chi connectivity index (χ3v) is 4.70. The number of hydrogen-bond acceptors (Lipinski definition) is 3. The van der Waals surface area contributed by atoms with E-state index in [0.717, 1.165) is 29.7 Å². The fraction of sp³-hybridized carbons (Fsp3) is 0.600. The summed E-state index contributed by atoms with van der Waals surface area (Å²) in [6.45, 7) is 11.2. The van der Waals surface area contributed by atoms with E-state index in [2.05, 4.69) is 5.32 Å². The highest BCUT2D eigenvalue weighted by atomic mass is 16.5. The second kappa shape index (κ2) is 7.89. The molecule has 1 N–H and O–H groups in total. The monoisotopic (exact) mass is 346 g/mol. The number of benzene rings is 1. The van der Waals surface area contributed by atoms with E-state index in [4.69, 9.17) is 4.74 Å². The molecular weight excluding hydrogens is 316 g/mol. The summed E-state index contributed by atoms with van der Waals surface area (Å²) in [5, 5.41) is 3.02. The van der Waals surface area contributed by atoms with Crippen molar-refractivity contribution in [3.8, 4) is 5.75 Å². The zero-order valence-electron chi connectivity index (χ0n) is 16.0. The summed E-state index contributed by atoms with van der Waals surface area (Å²) in [6, 6.07) is 5.94. The van der Waals surface area contributed by atoms with Crippen molar-refractivity contribution in [3.05, 3.63) is 29.3 Å². The van der Waals surface area contributed by atoms with Crippen LogP contribution in [0.2, 0.25) is 0 Å². The van der Waals surface area contributed by atoms with E-state index in [1.807, 2.05) is 57.7 Å². The van der Waals surface area contributed by atoms with E-state index in [1.165, 1.54) is 0 Å². The molecule has 2 rings (SSSR count). The van der Waals surface area contributed by atoms with Crippen LogP contribution in [0.3, 0.4) is 0 Å². The van der Waals surface area contributed by atoms with Gasteiger partial charge in [-0.15, -0.1) is 0 Å². The molecule has 1 saturated heterocycles. The van der Waals surface area contributed by atoms with Crippen molar-refractivity contribution in [2.75, 3.05) is 19.7 Å². The number of hydrogen-bond donors (Lipinski definition) is 1. The number of likely N-dealkylation sites (tertiary alicyclic amines) is 1. The van der Waals surface area contributed by atoms with Crippen LogP contribution in [0.5, 0.6) is 5.75 Å². The fourth-order valence-electron chi connectivity index (χ4n) is 2.99. The average Bonchev–Trinajstić information content (AvgIpc) is 2.55. The Morgan fingerprint density at radius 1 is 1.20 bits per heavy atom. The van der Waals surface area contributed by atoms with Crippen molar-refractivity contribution < 1.29 is 14.3 Å². The molecule has 2 amide bonds. The average molecular weight is 346 g/mol. The van der Waals surface area contributed by atoms with Crippen molar-refractivity contribution >= 4 is 11.8 Å². The molecule has 0 saturated carbocycles. The summed E-state index contributed by atoms with van der Waals surface area (Å²) in [4.78, 5) is 26.3. The summed E-state index contributed by atoms with van der Waals surface area (Å²) >= 11 is 0. The van der Waals surface area contributed by atoms with E-state index in [0.29, 0.717) is 13.1 Å². The summed E-state index contributed by atoms with van der Waals surface area (Å²) < 4.78 is 5.65. The first kappa shape index (κ1) is 19.3. The molecule has 0 atom stereocenters. The van der Waals surface area contributed by atoms with Gasteiger partial charge >= 0.3 is 0 Å². The van der Waals surface area contributed by atoms with Gasteiger partial charge in [-0.3, -0.25) is 9.59 Å². The lowest BCUT2D eigenvalue weighted by molar-refractivity contribution is -0.140. The van der Waals surface area contributed by atoms with Gasteiger partial charge in [0.05, 0.1) is 0 Å². The van der Waals surface area contributed by atoms with E-state index in [-0.39, 0.29) is 29.9 Å². The lowest BCUT2D eigenvalue weighted by atomic mass is 9.93. The SMILES string of the molecule is Cc1cccc(OCC(=O)NC2CCN(C(=O)C(C)(C)C)CC2)c1C. The van der Waals surface area contributed by atoms with E-state index in [9.17, 15) is 9.59 Å². The molecule has 0 bridgehead atoms. The second-order valence-corrected chi connectivity index (χ2v) is 7.87. The Bertz CT molecular complexity index is 626. The van der Waals surface area contributed by atoms with E-state index >= 15 is 0 Å². The fourth-order valence-corrected chi connectivity index (χ4v) is 2.99. The van der Waals surface area contributed by atoms with Crippen molar-refractivity contribution in [2.24, 2.45) is 5.41 Å². The van der Waals surface area contributed by atoms with Gasteiger partial charge in [0.1, 0.15) is 5.75 Å². The molecule has 0 spiro atoms. The third-order valence-electron chi connectivity index (χ3n) is 4.70. The summed E-state index contributed by atoms with van der Waals surface area (Å²) in [5.74, 6) is 0.817. The number of piperidine rings is 1. The van der Waals surface area contributed by atoms with Crippen molar-refractivity contribution in [3.63, 3.8) is 0 Å². The second-order valence-electron chi connectivity index (χ2n) is 7.87. The van der Waals surface area contributed by atoms with Gasteiger partial charge in [0.15, 0.2) is 6.61 Å². The molecule has 1 aliphatic rings. The van der Waals surface area contributed by atoms with Gasteiger partial charge in [0.2, 0.25) is 5.91 Å². The van der Waals surface area contributed by atoms with Crippen LogP contribution in [0.15, 0.2) is 18.2 Å². The van der Waals surface area contributed by atoms with Gasteiger partial charge in [0.25, 0.3) is 5.91 Å². The highest BCUT2D eigenvalue weighted by Crippen LogP contribution is 2.22. The Kier molecular flexibility index (Phi) is 6.09. The zero-order chi connectivity index (χ0) is 18.6. The molecule has 0 radical (unpaired) electrons. The molecule has 1 fully saturated rings. The molecule has 0 aromatic heterocycles. The molecule has 1 aromatic carbocycles. The van der Waals surface area contributed by atoms with Crippen LogP contribution < -0.4 is 10.1 Å². The minimum absolute atomic E-state index is 0.0193. The van der Waals surface area contributed by atoms with Crippen LogP contribution in [0.4, 0.5) is 0 Å². The Labute approximate surface area is 150 Å². The van der Waals surface area contributed by atoms with Crippen LogP contribution in [0, 0.1) is 19.3 Å². The lowest BCUT2D eigenvalue weighted by Gasteiger charge is -2.36. The lowest BCUT2D eigenvalue weighted by Crippen LogP contribution is -2.49. The predicted octanol–water partition coefficient (Wildman–Crippen LogP) is 2.84. The van der Waals surface area contributed by atoms with Crippen LogP contribution >= 0.6 is 0 Å². The first-order valence-corrected chi connectivity index (χ1v) is 8.96. The standard InChI is InChI=1S/C20H30N2O3/c1-14-7-6-8-17(15(14)2)25-13-18(23)21-16-9-11-22(12-10-16)19(24)20(3,4)5/h6-8,16H,9-13H2,1-5H3,(H,21,23). The highest BCUT2D eigenvalue weighted by Gasteiger charge is 2.30. The Balaban J connectivity index is 1.77. The minimum atomic E-state index is -0.352. The number of carbonyl (C=O) groups is 2. The maximum atomic E-state index is 12.3. The van der Waals surface area contributed by atoms with Crippen molar-refractivity contribution in [1.82, 2.24) is 10.2 Å². The summed E-state index contributed by atoms with van der Waals surface area (Å²) in [7, 11) is 0. The number of ether oxygens (including phenoxy) is 1. The van der Waals surface area contributed by atoms with Gasteiger partial charge < -0.3 is 15.0 Å². The maximum Gasteiger partial charge on any atom is 0.258 e. The van der Waals surface area contributed by atoms with Crippen LogP contribution in [0.1, 0.15) is 44.7 Å². The number of aryl methyl sites for hydroxylation is 1. The molecule has 1 aromatic rings. The van der Waals surface area contributed by atoms with Gasteiger partial charge in [0, 0.05) is 24.5 Å². The molecular formula is C20H30N2O3. The van der Waals surface area contributed by atoms with E-state index < -0.39 is 0 Å². The Morgan fingerprint density at radius 2 is 1.84 bits per heavy atom. The summed E-state index contributed by atoms with van der Waals surface area (Å²) in [6.07, 6.45) is 1.58. The number of amides is 2. The van der Waals surface area contributed by atoms with Gasteiger partial charge in [-0.05, 0) is 43.9 Å². The van der Waals surface area contributed by atoms with Gasteiger partial charge in [-0.25, -0.2) is 0 Å². The molecule has 138 valence electrons. The van der Waals surface area contributed by atoms with Gasteiger partial charge in [-0.2, -0.15) is 0 Å². The largest absolute Gasteiger partial charge is 0.483 e. The molecule has 25 heavy (non-hydrogen) atoms. The van der Waals surface area contributed by atoms with Crippen LogP contribution in [-0.2, 0) is 9.59 Å². The molecule has 1 heterocycles. The van der Waals surface area contributed by atoms with Gasteiger partial charge in [-0.1, -0.05) is 32.9 Å². The van der Waals surface area contributed by atoms with E-state index in [1.54, 1.807) is 0 Å². The number of nitrogens with one attached hydrogen (secondary N) is 1. The smallest absolute Gasteiger partial charge is 0.258 e. The predicted molar refractivity (Wildman–Crippen MR) is 98.6 cm³/mol. The van der Waals surface area contributed by atoms with Crippen LogP contribution in [-0.4, -0.2) is 42.5 Å². The van der Waals surface area contributed by atoms with Crippen molar-refractivity contribution in [2.45, 2.75) is 53.5 Å². The molecule has 1 aliphatic heterocycles. The van der Waals surface area contributed by atoms with Crippen LogP contribution in [0.25, 0.3) is 0 Å². The van der Waals surface area contributed by atoms with Crippen molar-refractivity contribution in [1.29, 1.82) is 0 Å². The first-order valence-electron chi connectivity index (χ1n) is 8.96. The number of carbonyl (C=O) groups excluding carboxylic acids is 2. The molecule has 0 aliphatic carbocycles. The normalized spacial score (nSPS) is 15.8. The zero-order valence-corrected chi connectivity index (χ0v) is 16.0. The third kappa shape index (κ3) is 5.21. The molecule has 0 unspecified atom stereocenters. The highest BCUT2D eigenvalue weighted by molar-refractivity contribution is 5.81. The number of nitrogens with zero attached hydrogens (tertiary/aromatic N) is 1. The minimum Gasteiger partial charge on any atom is -0.483 e. The molecule has 5 heteroatoms. The Hall–Kier alpha value is -2.04. The first-order chi connectivity index (χ1) is 11.7. The number of rotatable bonds is 4. The topological polar surface area (TPSA) is 58.6 Å².